The molecule has 100 valence electrons. The van der Waals surface area contributed by atoms with Crippen molar-refractivity contribution in [3.05, 3.63) is 0 Å². The summed E-state index contributed by atoms with van der Waals surface area (Å²) in [5.41, 5.74) is 0. The fourth-order valence-electron chi connectivity index (χ4n) is 2.62. The van der Waals surface area contributed by atoms with Crippen LogP contribution in [-0.4, -0.2) is 54.6 Å². The Bertz CT molecular complexity index is 267. The molecule has 0 bridgehead atoms. The Labute approximate surface area is 105 Å². The number of amides is 1. The fourth-order valence-corrected chi connectivity index (χ4v) is 2.62. The van der Waals surface area contributed by atoms with Gasteiger partial charge in [-0.3, -0.25) is 10.1 Å². The highest BCUT2D eigenvalue weighted by molar-refractivity contribution is 5.84. The van der Waals surface area contributed by atoms with Gasteiger partial charge < -0.3 is 9.80 Å². The molecule has 1 aliphatic heterocycles. The highest BCUT2D eigenvalue weighted by Gasteiger charge is 2.40. The summed E-state index contributed by atoms with van der Waals surface area (Å²) in [6, 6.07) is 0.258. The van der Waals surface area contributed by atoms with Crippen molar-refractivity contribution in [3.8, 4) is 0 Å². The number of carbonyl (C=O) groups is 1. The van der Waals surface area contributed by atoms with Crippen LogP contribution in [0.4, 0.5) is 0 Å². The molecule has 1 amide bonds. The lowest BCUT2D eigenvalue weighted by Crippen LogP contribution is -2.46. The van der Waals surface area contributed by atoms with E-state index in [9.17, 15) is 4.79 Å². The number of hydrogen-bond acceptors (Lipinski definition) is 3. The minimum Gasteiger partial charge on any atom is -0.322 e. The molecule has 1 N–H and O–H groups in total. The summed E-state index contributed by atoms with van der Waals surface area (Å²) in [4.78, 5) is 16.5. The standard InChI is InChI=1S/C13H27N3O/c1-7-9(2)12-13(17)16(11(4)14-12)10(3)8-15(5)6/h9-12,14H,7-8H2,1-6H3. The molecule has 0 saturated carbocycles. The Hall–Kier alpha value is -0.610. The van der Waals surface area contributed by atoms with E-state index in [1.54, 1.807) is 0 Å². The lowest BCUT2D eigenvalue weighted by molar-refractivity contribution is -0.132. The minimum atomic E-state index is -0.000359. The lowest BCUT2D eigenvalue weighted by Gasteiger charge is -2.30. The highest BCUT2D eigenvalue weighted by atomic mass is 16.2. The van der Waals surface area contributed by atoms with E-state index in [0.717, 1.165) is 13.0 Å². The number of carbonyl (C=O) groups excluding carboxylic acids is 1. The van der Waals surface area contributed by atoms with Crippen molar-refractivity contribution in [2.45, 2.75) is 52.4 Å². The minimum absolute atomic E-state index is 0.000359. The topological polar surface area (TPSA) is 35.6 Å². The molecular formula is C13H27N3O. The molecule has 4 heteroatoms. The van der Waals surface area contributed by atoms with Crippen molar-refractivity contribution in [3.63, 3.8) is 0 Å². The summed E-state index contributed by atoms with van der Waals surface area (Å²) in [5, 5.41) is 3.42. The molecule has 1 heterocycles. The first-order valence-electron chi connectivity index (χ1n) is 6.61. The zero-order valence-electron chi connectivity index (χ0n) is 12.0. The lowest BCUT2D eigenvalue weighted by atomic mass is 9.99. The predicted octanol–water partition coefficient (Wildman–Crippen LogP) is 1.13. The van der Waals surface area contributed by atoms with Gasteiger partial charge in [-0.15, -0.1) is 0 Å². The molecule has 1 aliphatic rings. The number of likely N-dealkylation sites (N-methyl/N-ethyl adjacent to an activating group) is 1. The summed E-state index contributed by atoms with van der Waals surface area (Å²) in [7, 11) is 4.09. The summed E-state index contributed by atoms with van der Waals surface area (Å²) in [5.74, 6) is 0.669. The zero-order chi connectivity index (χ0) is 13.2. The Kier molecular flexibility index (Phi) is 4.95. The van der Waals surface area contributed by atoms with Crippen LogP contribution in [0.5, 0.6) is 0 Å². The van der Waals surface area contributed by atoms with Crippen molar-refractivity contribution in [2.75, 3.05) is 20.6 Å². The van der Waals surface area contributed by atoms with E-state index in [-0.39, 0.29) is 24.2 Å². The number of rotatable bonds is 5. The summed E-state index contributed by atoms with van der Waals surface area (Å²) >= 11 is 0. The second-order valence-electron chi connectivity index (χ2n) is 5.56. The van der Waals surface area contributed by atoms with Gasteiger partial charge in [-0.1, -0.05) is 20.3 Å². The van der Waals surface area contributed by atoms with E-state index in [1.165, 1.54) is 0 Å². The SMILES string of the molecule is CCC(C)C1NC(C)N(C(C)CN(C)C)C1=O. The largest absolute Gasteiger partial charge is 0.322 e. The van der Waals surface area contributed by atoms with Crippen LogP contribution in [0.2, 0.25) is 0 Å². The maximum atomic E-state index is 12.4. The second-order valence-corrected chi connectivity index (χ2v) is 5.56. The van der Waals surface area contributed by atoms with E-state index in [1.807, 2.05) is 19.0 Å². The van der Waals surface area contributed by atoms with E-state index < -0.39 is 0 Å². The number of hydrogen-bond donors (Lipinski definition) is 1. The fraction of sp³-hybridized carbons (Fsp3) is 0.923. The number of nitrogens with zero attached hydrogens (tertiary/aromatic N) is 2. The quantitative estimate of drug-likeness (QED) is 0.784. The Morgan fingerprint density at radius 3 is 2.47 bits per heavy atom. The van der Waals surface area contributed by atoms with Gasteiger partial charge in [-0.2, -0.15) is 0 Å². The molecule has 0 radical (unpaired) electrons. The summed E-state index contributed by atoms with van der Waals surface area (Å²) < 4.78 is 0. The van der Waals surface area contributed by atoms with Crippen LogP contribution < -0.4 is 5.32 Å². The maximum Gasteiger partial charge on any atom is 0.241 e. The van der Waals surface area contributed by atoms with Gasteiger partial charge in [0.15, 0.2) is 0 Å². The third-order valence-electron chi connectivity index (χ3n) is 3.68. The van der Waals surface area contributed by atoms with E-state index in [4.69, 9.17) is 0 Å². The van der Waals surface area contributed by atoms with E-state index in [0.29, 0.717) is 5.92 Å². The van der Waals surface area contributed by atoms with Gasteiger partial charge in [-0.05, 0) is 33.9 Å². The van der Waals surface area contributed by atoms with Crippen LogP contribution in [0.15, 0.2) is 0 Å². The third kappa shape index (κ3) is 3.19. The highest BCUT2D eigenvalue weighted by Crippen LogP contribution is 2.21. The normalized spacial score (nSPS) is 28.9. The van der Waals surface area contributed by atoms with Gasteiger partial charge in [0.25, 0.3) is 0 Å². The van der Waals surface area contributed by atoms with Crippen molar-refractivity contribution < 1.29 is 4.79 Å². The maximum absolute atomic E-state index is 12.4. The molecule has 1 fully saturated rings. The Morgan fingerprint density at radius 1 is 1.41 bits per heavy atom. The second kappa shape index (κ2) is 5.83. The van der Waals surface area contributed by atoms with Crippen LogP contribution in [0.25, 0.3) is 0 Å². The average Bonchev–Trinajstić information content (AvgIpc) is 2.52. The van der Waals surface area contributed by atoms with Crippen LogP contribution in [-0.2, 0) is 4.79 Å². The molecule has 0 aromatic rings. The average molecular weight is 241 g/mol. The van der Waals surface area contributed by atoms with Crippen LogP contribution >= 0.6 is 0 Å². The van der Waals surface area contributed by atoms with E-state index >= 15 is 0 Å². The third-order valence-corrected chi connectivity index (χ3v) is 3.68. The summed E-state index contributed by atoms with van der Waals surface area (Å²) in [6.07, 6.45) is 1.18. The molecule has 4 nitrogen and oxygen atoms in total. The van der Waals surface area contributed by atoms with Gasteiger partial charge in [0.05, 0.1) is 12.2 Å². The molecule has 0 spiro atoms. The Morgan fingerprint density at radius 2 is 2.00 bits per heavy atom. The molecule has 1 saturated heterocycles. The molecule has 0 aromatic heterocycles. The predicted molar refractivity (Wildman–Crippen MR) is 70.7 cm³/mol. The van der Waals surface area contributed by atoms with Crippen molar-refractivity contribution in [2.24, 2.45) is 5.92 Å². The molecular weight excluding hydrogens is 214 g/mol. The Balaban J connectivity index is 2.71. The van der Waals surface area contributed by atoms with Crippen LogP contribution in [0, 0.1) is 5.92 Å². The van der Waals surface area contributed by atoms with Gasteiger partial charge >= 0.3 is 0 Å². The van der Waals surface area contributed by atoms with Gasteiger partial charge in [0.2, 0.25) is 5.91 Å². The first-order valence-corrected chi connectivity index (χ1v) is 6.61. The number of nitrogens with one attached hydrogen (secondary N) is 1. The molecule has 4 atom stereocenters. The van der Waals surface area contributed by atoms with Crippen LogP contribution in [0.3, 0.4) is 0 Å². The van der Waals surface area contributed by atoms with E-state index in [2.05, 4.69) is 37.9 Å². The van der Waals surface area contributed by atoms with Gasteiger partial charge in [0, 0.05) is 12.6 Å². The first kappa shape index (κ1) is 14.5. The molecule has 0 aromatic carbocycles. The molecule has 4 unspecified atom stereocenters. The molecule has 0 aliphatic carbocycles. The van der Waals surface area contributed by atoms with Crippen LogP contribution in [0.1, 0.15) is 34.1 Å². The monoisotopic (exact) mass is 241 g/mol. The zero-order valence-corrected chi connectivity index (χ0v) is 12.0. The van der Waals surface area contributed by atoms with Gasteiger partial charge in [-0.25, -0.2) is 0 Å². The van der Waals surface area contributed by atoms with Crippen molar-refractivity contribution in [1.82, 2.24) is 15.1 Å². The van der Waals surface area contributed by atoms with Crippen molar-refractivity contribution in [1.29, 1.82) is 0 Å². The molecule has 1 rings (SSSR count). The van der Waals surface area contributed by atoms with Gasteiger partial charge in [0.1, 0.15) is 0 Å². The molecule has 17 heavy (non-hydrogen) atoms. The smallest absolute Gasteiger partial charge is 0.241 e. The van der Waals surface area contributed by atoms with Crippen molar-refractivity contribution >= 4 is 5.91 Å². The first-order chi connectivity index (χ1) is 7.88. The summed E-state index contributed by atoms with van der Waals surface area (Å²) in [6.45, 7) is 9.38.